The van der Waals surface area contributed by atoms with Crippen LogP contribution in [0.2, 0.25) is 0 Å². The summed E-state index contributed by atoms with van der Waals surface area (Å²) in [5.41, 5.74) is 6.77. The molecule has 1 aromatic rings. The van der Waals surface area contributed by atoms with Crippen molar-refractivity contribution in [2.45, 2.75) is 31.8 Å². The molecule has 0 spiro atoms. The van der Waals surface area contributed by atoms with Crippen LogP contribution in [0.1, 0.15) is 18.9 Å². The van der Waals surface area contributed by atoms with Crippen molar-refractivity contribution in [1.29, 1.82) is 0 Å². The smallest absolute Gasteiger partial charge is 0.245 e. The predicted octanol–water partition coefficient (Wildman–Crippen LogP) is 1.10. The summed E-state index contributed by atoms with van der Waals surface area (Å²) in [5, 5.41) is 2.86. The number of nitrogens with zero attached hydrogens (tertiary/aromatic N) is 1. The normalized spacial score (nSPS) is 13.6. The number of aryl methyl sites for hydroxylation is 1. The Hall–Kier alpha value is -2.14. The molecule has 0 aromatic heterocycles. The lowest BCUT2D eigenvalue weighted by atomic mass is 10.0. The summed E-state index contributed by atoms with van der Waals surface area (Å²) < 4.78 is 0. The molecule has 22 heavy (non-hydrogen) atoms. The van der Waals surface area contributed by atoms with Crippen molar-refractivity contribution in [3.8, 4) is 0 Å². The Kier molecular flexibility index (Phi) is 7.32. The van der Waals surface area contributed by atoms with Crippen LogP contribution in [0, 0.1) is 0 Å². The van der Waals surface area contributed by atoms with E-state index in [1.165, 1.54) is 16.5 Å². The SMILES string of the molecule is C[C@H](N)C(=O)N[C@H](/C=C/C(=O)N(C)C)CCc1ccccc1. The van der Waals surface area contributed by atoms with Crippen LogP contribution in [-0.2, 0) is 16.0 Å². The van der Waals surface area contributed by atoms with E-state index in [-0.39, 0.29) is 17.9 Å². The monoisotopic (exact) mass is 303 g/mol. The van der Waals surface area contributed by atoms with E-state index in [2.05, 4.69) is 5.32 Å². The number of likely N-dealkylation sites (N-methyl/N-ethyl adjacent to an activating group) is 1. The highest BCUT2D eigenvalue weighted by Gasteiger charge is 2.13. The lowest BCUT2D eigenvalue weighted by molar-refractivity contribution is -0.124. The van der Waals surface area contributed by atoms with Gasteiger partial charge in [0.1, 0.15) is 0 Å². The number of carbonyl (C=O) groups is 2. The van der Waals surface area contributed by atoms with E-state index in [9.17, 15) is 9.59 Å². The Morgan fingerprint density at radius 3 is 2.45 bits per heavy atom. The minimum absolute atomic E-state index is 0.111. The second kappa shape index (κ2) is 9.00. The number of benzene rings is 1. The van der Waals surface area contributed by atoms with Gasteiger partial charge in [0, 0.05) is 26.2 Å². The fraction of sp³-hybridized carbons (Fsp3) is 0.412. The Morgan fingerprint density at radius 2 is 1.91 bits per heavy atom. The summed E-state index contributed by atoms with van der Waals surface area (Å²) in [6, 6.07) is 9.22. The zero-order valence-electron chi connectivity index (χ0n) is 13.5. The van der Waals surface area contributed by atoms with E-state index >= 15 is 0 Å². The van der Waals surface area contributed by atoms with Gasteiger partial charge in [-0.15, -0.1) is 0 Å². The lowest BCUT2D eigenvalue weighted by Crippen LogP contribution is -2.43. The fourth-order valence-electron chi connectivity index (χ4n) is 1.85. The molecule has 1 rings (SSSR count). The van der Waals surface area contributed by atoms with Gasteiger partial charge < -0.3 is 16.0 Å². The van der Waals surface area contributed by atoms with Crippen molar-refractivity contribution in [2.75, 3.05) is 14.1 Å². The molecule has 0 fully saturated rings. The van der Waals surface area contributed by atoms with Gasteiger partial charge >= 0.3 is 0 Å². The van der Waals surface area contributed by atoms with Gasteiger partial charge in [-0.05, 0) is 25.3 Å². The third-order valence-electron chi connectivity index (χ3n) is 3.24. The van der Waals surface area contributed by atoms with Gasteiger partial charge in [0.05, 0.1) is 6.04 Å². The van der Waals surface area contributed by atoms with Crippen molar-refractivity contribution in [2.24, 2.45) is 5.73 Å². The van der Waals surface area contributed by atoms with Gasteiger partial charge in [-0.3, -0.25) is 9.59 Å². The quantitative estimate of drug-likeness (QED) is 0.741. The van der Waals surface area contributed by atoms with E-state index in [0.29, 0.717) is 6.42 Å². The third kappa shape index (κ3) is 6.54. The van der Waals surface area contributed by atoms with Crippen molar-refractivity contribution >= 4 is 11.8 Å². The molecule has 0 saturated heterocycles. The Labute approximate surface area is 132 Å². The minimum atomic E-state index is -0.572. The van der Waals surface area contributed by atoms with Gasteiger partial charge in [0.15, 0.2) is 0 Å². The van der Waals surface area contributed by atoms with Gasteiger partial charge in [-0.1, -0.05) is 36.4 Å². The summed E-state index contributed by atoms with van der Waals surface area (Å²) >= 11 is 0. The Morgan fingerprint density at radius 1 is 1.27 bits per heavy atom. The first-order valence-electron chi connectivity index (χ1n) is 7.39. The van der Waals surface area contributed by atoms with Crippen molar-refractivity contribution in [3.63, 3.8) is 0 Å². The molecule has 0 bridgehead atoms. The number of rotatable bonds is 7. The zero-order chi connectivity index (χ0) is 16.5. The molecule has 5 nitrogen and oxygen atoms in total. The standard InChI is InChI=1S/C17H25N3O2/c1-13(18)17(22)19-15(11-12-16(21)20(2)3)10-9-14-7-5-4-6-8-14/h4-8,11-13,15H,9-10,18H2,1-3H3,(H,19,22)/b12-11+/t13-,15-/m0/s1. The molecule has 120 valence electrons. The van der Waals surface area contributed by atoms with Gasteiger partial charge in [-0.2, -0.15) is 0 Å². The Balaban J connectivity index is 2.69. The molecule has 2 atom stereocenters. The van der Waals surface area contributed by atoms with Crippen LogP contribution in [-0.4, -0.2) is 42.9 Å². The largest absolute Gasteiger partial charge is 0.349 e. The van der Waals surface area contributed by atoms with E-state index in [1.54, 1.807) is 27.1 Å². The number of hydrogen-bond acceptors (Lipinski definition) is 3. The van der Waals surface area contributed by atoms with Crippen LogP contribution >= 0.6 is 0 Å². The van der Waals surface area contributed by atoms with E-state index in [0.717, 1.165) is 6.42 Å². The topological polar surface area (TPSA) is 75.4 Å². The minimum Gasteiger partial charge on any atom is -0.349 e. The fourth-order valence-corrected chi connectivity index (χ4v) is 1.85. The second-order valence-electron chi connectivity index (χ2n) is 5.52. The Bertz CT molecular complexity index is 510. The van der Waals surface area contributed by atoms with E-state index < -0.39 is 6.04 Å². The summed E-state index contributed by atoms with van der Waals surface area (Å²) in [4.78, 5) is 24.9. The molecule has 0 radical (unpaired) electrons. The van der Waals surface area contributed by atoms with Crippen LogP contribution in [0.25, 0.3) is 0 Å². The van der Waals surface area contributed by atoms with Crippen LogP contribution < -0.4 is 11.1 Å². The predicted molar refractivity (Wildman–Crippen MR) is 88.2 cm³/mol. The summed E-state index contributed by atoms with van der Waals surface area (Å²) in [6.07, 6.45) is 4.73. The second-order valence-corrected chi connectivity index (χ2v) is 5.52. The molecule has 2 amide bonds. The molecule has 0 aliphatic rings. The van der Waals surface area contributed by atoms with Gasteiger partial charge in [-0.25, -0.2) is 0 Å². The first-order chi connectivity index (χ1) is 10.4. The highest BCUT2D eigenvalue weighted by atomic mass is 16.2. The molecule has 0 unspecified atom stereocenters. The molecule has 0 heterocycles. The lowest BCUT2D eigenvalue weighted by Gasteiger charge is -2.17. The first-order valence-corrected chi connectivity index (χ1v) is 7.39. The molecular formula is C17H25N3O2. The highest BCUT2D eigenvalue weighted by molar-refractivity contribution is 5.87. The molecule has 0 aliphatic carbocycles. The molecule has 0 aliphatic heterocycles. The maximum Gasteiger partial charge on any atom is 0.245 e. The van der Waals surface area contributed by atoms with E-state index in [1.807, 2.05) is 30.3 Å². The number of nitrogens with one attached hydrogen (secondary N) is 1. The van der Waals surface area contributed by atoms with Crippen molar-refractivity contribution < 1.29 is 9.59 Å². The number of carbonyl (C=O) groups excluding carboxylic acids is 2. The van der Waals surface area contributed by atoms with Gasteiger partial charge in [0.25, 0.3) is 0 Å². The van der Waals surface area contributed by atoms with Crippen LogP contribution in [0.5, 0.6) is 0 Å². The molecular weight excluding hydrogens is 278 g/mol. The summed E-state index contributed by atoms with van der Waals surface area (Å²) in [7, 11) is 3.37. The van der Waals surface area contributed by atoms with Crippen molar-refractivity contribution in [3.05, 3.63) is 48.0 Å². The van der Waals surface area contributed by atoms with Gasteiger partial charge in [0.2, 0.25) is 11.8 Å². The summed E-state index contributed by atoms with van der Waals surface area (Å²) in [5.74, 6) is -0.334. The third-order valence-corrected chi connectivity index (χ3v) is 3.24. The number of amides is 2. The first kappa shape index (κ1) is 17.9. The average Bonchev–Trinajstić information content (AvgIpc) is 2.50. The average molecular weight is 303 g/mol. The molecule has 0 saturated carbocycles. The highest BCUT2D eigenvalue weighted by Crippen LogP contribution is 2.06. The molecule has 3 N–H and O–H groups in total. The molecule has 5 heteroatoms. The number of hydrogen-bond donors (Lipinski definition) is 2. The zero-order valence-corrected chi connectivity index (χ0v) is 13.5. The van der Waals surface area contributed by atoms with Crippen LogP contribution in [0.15, 0.2) is 42.5 Å². The maximum atomic E-state index is 11.8. The molecule has 1 aromatic carbocycles. The summed E-state index contributed by atoms with van der Waals surface area (Å²) in [6.45, 7) is 1.64. The van der Waals surface area contributed by atoms with Crippen LogP contribution in [0.3, 0.4) is 0 Å². The van der Waals surface area contributed by atoms with E-state index in [4.69, 9.17) is 5.73 Å². The van der Waals surface area contributed by atoms with Crippen LogP contribution in [0.4, 0.5) is 0 Å². The maximum absolute atomic E-state index is 11.8. The number of nitrogens with two attached hydrogens (primary N) is 1. The van der Waals surface area contributed by atoms with Crippen molar-refractivity contribution in [1.82, 2.24) is 10.2 Å².